The van der Waals surface area contributed by atoms with Crippen LogP contribution in [0.25, 0.3) is 0 Å². The van der Waals surface area contributed by atoms with Crippen molar-refractivity contribution in [3.05, 3.63) is 64.7 Å². The Bertz CT molecular complexity index is 589. The number of halogens is 1. The molecule has 3 rings (SSSR count). The van der Waals surface area contributed by atoms with Crippen LogP contribution in [-0.4, -0.2) is 7.11 Å². The van der Waals surface area contributed by atoms with Crippen molar-refractivity contribution in [2.45, 2.75) is 30.5 Å². The van der Waals surface area contributed by atoms with Crippen molar-refractivity contribution in [3.63, 3.8) is 0 Å². The SMILES string of the molecule is COc1ccc(CC(Br)c2ccc3c(c2)CCC3)cc1. The summed E-state index contributed by atoms with van der Waals surface area (Å²) in [7, 11) is 1.70. The van der Waals surface area contributed by atoms with Crippen LogP contribution in [0.4, 0.5) is 0 Å². The van der Waals surface area contributed by atoms with Gasteiger partial charge in [0, 0.05) is 4.83 Å². The summed E-state index contributed by atoms with van der Waals surface area (Å²) >= 11 is 3.84. The molecule has 0 bridgehead atoms. The first kappa shape index (κ1) is 13.7. The van der Waals surface area contributed by atoms with E-state index in [1.807, 2.05) is 12.1 Å². The zero-order chi connectivity index (χ0) is 13.9. The van der Waals surface area contributed by atoms with Gasteiger partial charge in [0.1, 0.15) is 5.75 Å². The molecule has 0 heterocycles. The molecule has 0 aliphatic heterocycles. The minimum atomic E-state index is 0.377. The zero-order valence-electron chi connectivity index (χ0n) is 11.7. The lowest BCUT2D eigenvalue weighted by molar-refractivity contribution is 0.414. The van der Waals surface area contributed by atoms with Crippen molar-refractivity contribution in [3.8, 4) is 5.75 Å². The Labute approximate surface area is 129 Å². The van der Waals surface area contributed by atoms with Gasteiger partial charge in [-0.2, -0.15) is 0 Å². The van der Waals surface area contributed by atoms with Gasteiger partial charge in [0.15, 0.2) is 0 Å². The van der Waals surface area contributed by atoms with Crippen molar-refractivity contribution < 1.29 is 4.74 Å². The van der Waals surface area contributed by atoms with Gasteiger partial charge >= 0.3 is 0 Å². The first-order chi connectivity index (χ1) is 9.76. The average molecular weight is 331 g/mol. The van der Waals surface area contributed by atoms with Crippen LogP contribution in [-0.2, 0) is 19.3 Å². The Kier molecular flexibility index (Phi) is 4.11. The van der Waals surface area contributed by atoms with Gasteiger partial charge in [0.2, 0.25) is 0 Å². The second-order valence-electron chi connectivity index (χ2n) is 5.40. The number of ether oxygens (including phenoxy) is 1. The van der Waals surface area contributed by atoms with Gasteiger partial charge in [-0.25, -0.2) is 0 Å². The highest BCUT2D eigenvalue weighted by Gasteiger charge is 2.14. The molecule has 20 heavy (non-hydrogen) atoms. The number of hydrogen-bond donors (Lipinski definition) is 0. The summed E-state index contributed by atoms with van der Waals surface area (Å²) in [6.45, 7) is 0. The Hall–Kier alpha value is -1.28. The van der Waals surface area contributed by atoms with E-state index in [1.54, 1.807) is 12.7 Å². The maximum atomic E-state index is 5.20. The lowest BCUT2D eigenvalue weighted by atomic mass is 10.0. The summed E-state index contributed by atoms with van der Waals surface area (Å²) in [6, 6.07) is 15.3. The van der Waals surface area contributed by atoms with Crippen molar-refractivity contribution in [1.82, 2.24) is 0 Å². The van der Waals surface area contributed by atoms with E-state index in [-0.39, 0.29) is 0 Å². The number of methoxy groups -OCH3 is 1. The number of aryl methyl sites for hydroxylation is 2. The molecule has 1 unspecified atom stereocenters. The van der Waals surface area contributed by atoms with Crippen LogP contribution in [0.2, 0.25) is 0 Å². The van der Waals surface area contributed by atoms with E-state index in [4.69, 9.17) is 4.74 Å². The van der Waals surface area contributed by atoms with E-state index < -0.39 is 0 Å². The lowest BCUT2D eigenvalue weighted by Crippen LogP contribution is -1.97. The third kappa shape index (κ3) is 2.90. The van der Waals surface area contributed by atoms with Gasteiger partial charge in [-0.05, 0) is 60.1 Å². The van der Waals surface area contributed by atoms with Crippen LogP contribution >= 0.6 is 15.9 Å². The molecule has 2 heteroatoms. The van der Waals surface area contributed by atoms with E-state index in [0.29, 0.717) is 4.83 Å². The molecule has 2 aromatic rings. The average Bonchev–Trinajstić information content (AvgIpc) is 2.95. The standard InChI is InChI=1S/C18H19BrO/c1-20-17-9-5-13(6-10-17)11-18(19)16-8-7-14-3-2-4-15(14)12-16/h5-10,12,18H,2-4,11H2,1H3. The fraction of sp³-hybridized carbons (Fsp3) is 0.333. The monoisotopic (exact) mass is 330 g/mol. The van der Waals surface area contributed by atoms with Gasteiger partial charge in [-0.3, -0.25) is 0 Å². The summed E-state index contributed by atoms with van der Waals surface area (Å²) in [5.41, 5.74) is 5.80. The minimum Gasteiger partial charge on any atom is -0.497 e. The Morgan fingerprint density at radius 3 is 2.55 bits per heavy atom. The largest absolute Gasteiger partial charge is 0.497 e. The maximum absolute atomic E-state index is 5.20. The molecule has 0 spiro atoms. The fourth-order valence-electron chi connectivity index (χ4n) is 2.87. The first-order valence-corrected chi connectivity index (χ1v) is 8.06. The minimum absolute atomic E-state index is 0.377. The summed E-state index contributed by atoms with van der Waals surface area (Å²) in [5.74, 6) is 0.914. The van der Waals surface area contributed by atoms with E-state index >= 15 is 0 Å². The predicted octanol–water partition coefficient (Wildman–Crippen LogP) is 4.86. The van der Waals surface area contributed by atoms with Crippen LogP contribution in [0.15, 0.2) is 42.5 Å². The van der Waals surface area contributed by atoms with E-state index in [9.17, 15) is 0 Å². The maximum Gasteiger partial charge on any atom is 0.118 e. The predicted molar refractivity (Wildman–Crippen MR) is 86.8 cm³/mol. The van der Waals surface area contributed by atoms with Gasteiger partial charge in [-0.1, -0.05) is 46.3 Å². The van der Waals surface area contributed by atoms with Crippen LogP contribution in [0.5, 0.6) is 5.75 Å². The lowest BCUT2D eigenvalue weighted by Gasteiger charge is -2.12. The summed E-state index contributed by atoms with van der Waals surface area (Å²) in [5, 5.41) is 0. The molecule has 1 atom stereocenters. The number of benzene rings is 2. The molecule has 0 saturated carbocycles. The zero-order valence-corrected chi connectivity index (χ0v) is 13.3. The molecule has 1 aliphatic carbocycles. The highest BCUT2D eigenvalue weighted by molar-refractivity contribution is 9.09. The Morgan fingerprint density at radius 1 is 1.05 bits per heavy atom. The number of rotatable bonds is 4. The molecule has 2 aromatic carbocycles. The summed E-state index contributed by atoms with van der Waals surface area (Å²) < 4.78 is 5.20. The topological polar surface area (TPSA) is 9.23 Å². The van der Waals surface area contributed by atoms with Crippen LogP contribution in [0.1, 0.15) is 33.5 Å². The van der Waals surface area contributed by atoms with E-state index in [2.05, 4.69) is 46.3 Å². The molecule has 0 radical (unpaired) electrons. The molecule has 1 aliphatic rings. The molecular weight excluding hydrogens is 312 g/mol. The third-order valence-electron chi connectivity index (χ3n) is 4.06. The molecule has 1 nitrogen and oxygen atoms in total. The Balaban J connectivity index is 1.73. The van der Waals surface area contributed by atoms with Crippen LogP contribution in [0, 0.1) is 0 Å². The normalized spacial score (nSPS) is 14.9. The van der Waals surface area contributed by atoms with E-state index in [0.717, 1.165) is 12.2 Å². The number of alkyl halides is 1. The second kappa shape index (κ2) is 6.01. The number of hydrogen-bond acceptors (Lipinski definition) is 1. The van der Waals surface area contributed by atoms with Crippen molar-refractivity contribution in [2.75, 3.05) is 7.11 Å². The second-order valence-corrected chi connectivity index (χ2v) is 6.51. The quantitative estimate of drug-likeness (QED) is 0.727. The number of fused-ring (bicyclic) bond motifs is 1. The molecule has 0 saturated heterocycles. The van der Waals surface area contributed by atoms with Crippen molar-refractivity contribution in [1.29, 1.82) is 0 Å². The van der Waals surface area contributed by atoms with Crippen LogP contribution in [0.3, 0.4) is 0 Å². The van der Waals surface area contributed by atoms with E-state index in [1.165, 1.54) is 36.0 Å². The van der Waals surface area contributed by atoms with Crippen LogP contribution < -0.4 is 4.74 Å². The summed E-state index contributed by atoms with van der Waals surface area (Å²) in [4.78, 5) is 0.377. The highest BCUT2D eigenvalue weighted by atomic mass is 79.9. The van der Waals surface area contributed by atoms with Gasteiger partial charge < -0.3 is 4.74 Å². The van der Waals surface area contributed by atoms with Gasteiger partial charge in [0.05, 0.1) is 7.11 Å². The van der Waals surface area contributed by atoms with Gasteiger partial charge in [0.25, 0.3) is 0 Å². The summed E-state index contributed by atoms with van der Waals surface area (Å²) in [6.07, 6.45) is 4.81. The molecule has 0 aromatic heterocycles. The third-order valence-corrected chi connectivity index (χ3v) is 4.91. The van der Waals surface area contributed by atoms with Crippen molar-refractivity contribution in [2.24, 2.45) is 0 Å². The van der Waals surface area contributed by atoms with Gasteiger partial charge in [-0.15, -0.1) is 0 Å². The highest BCUT2D eigenvalue weighted by Crippen LogP contribution is 2.31. The van der Waals surface area contributed by atoms with Crippen molar-refractivity contribution >= 4 is 15.9 Å². The molecule has 0 fully saturated rings. The molecule has 0 N–H and O–H groups in total. The smallest absolute Gasteiger partial charge is 0.118 e. The molecule has 0 amide bonds. The Morgan fingerprint density at radius 2 is 1.80 bits per heavy atom. The fourth-order valence-corrected chi connectivity index (χ4v) is 3.53. The first-order valence-electron chi connectivity index (χ1n) is 7.15. The molecule has 104 valence electrons. The molecular formula is C18H19BrO.